The Bertz CT molecular complexity index is 4670. The van der Waals surface area contributed by atoms with Crippen LogP contribution in [0.5, 0.6) is 5.75 Å². The number of carboxylic acids is 2. The van der Waals surface area contributed by atoms with Gasteiger partial charge in [0, 0.05) is 85.5 Å². The Hall–Kier alpha value is -9.66. The molecule has 5 heterocycles. The number of aliphatic carboxylic acids is 1. The molecule has 28 nitrogen and oxygen atoms in total. The van der Waals surface area contributed by atoms with Gasteiger partial charge in [0.25, 0.3) is 27.8 Å². The Balaban J connectivity index is 0.686. The number of rotatable bonds is 31. The maximum atomic E-state index is 13.9. The van der Waals surface area contributed by atoms with Gasteiger partial charge in [-0.05, 0) is 152 Å². The van der Waals surface area contributed by atoms with Crippen molar-refractivity contribution < 1.29 is 95.8 Å². The lowest BCUT2D eigenvalue weighted by Gasteiger charge is -2.69. The van der Waals surface area contributed by atoms with Crippen molar-refractivity contribution in [1.82, 2.24) is 29.5 Å². The molecule has 8 N–H and O–H groups in total. The fourth-order valence-corrected chi connectivity index (χ4v) is 18.0. The highest BCUT2D eigenvalue weighted by molar-refractivity contribution is 7.85. The zero-order chi connectivity index (χ0) is 74.8. The van der Waals surface area contributed by atoms with E-state index >= 15 is 0 Å². The van der Waals surface area contributed by atoms with E-state index in [4.69, 9.17) is 29.0 Å². The number of hydrogen-bond acceptors (Lipinski definition) is 21. The largest absolute Gasteiger partial charge is 0.479 e. The number of amides is 5. The Kier molecular flexibility index (Phi) is 22.0. The molecule has 4 saturated carbocycles. The minimum absolute atomic E-state index is 0.0168. The van der Waals surface area contributed by atoms with Crippen molar-refractivity contribution in [3.63, 3.8) is 0 Å². The van der Waals surface area contributed by atoms with E-state index < -0.39 is 82.7 Å². The van der Waals surface area contributed by atoms with Gasteiger partial charge in [0.15, 0.2) is 16.9 Å². The highest BCUT2D eigenvalue weighted by atomic mass is 32.2. The van der Waals surface area contributed by atoms with Crippen LogP contribution in [0.4, 0.5) is 15.6 Å². The topological polar surface area (TPSA) is 403 Å². The van der Waals surface area contributed by atoms with Gasteiger partial charge in [0.2, 0.25) is 12.2 Å². The van der Waals surface area contributed by atoms with Crippen LogP contribution < -0.4 is 15.4 Å². The number of imide groups is 1. The second-order valence-corrected chi connectivity index (χ2v) is 31.5. The standard InChI is InChI=1S/C75H82N8O20S2/c1-44-52(49-23-24-53(78-61(49)67(92)93)47-22-21-46-13-9-16-50(51(46)35-47)66(91)80-70-79-54-17-6-7-18-57(54)104-70)36-76-83(44)43-74-38-72(2)37-73(3,39-74)41-75(40-72,42-74)101-32-29-81(30-33-105(97,98)99)71(96)100-31-11-12-45-20-25-56(102-69-64(90)62(88)63(89)65(103-69)68(94)95)55(34-45)77-58(85)19-10-15-48(84)14-5-4-8-28-82-59(86)26-27-60(82)87/h6-7,9,11-13,16-18,20-27,34-36,62-65,69,88-90H,4-5,8,10,14-15,19,28-33,37-43H2,1-3H3,(H,77,85)(H,92,93)(H,94,95)(H,79,80,91)(H,97,98,99)/b12-11+/t62-,63-,64+,65-,69+,72?,73?,74?,75?/m0/s1. The molecular weight excluding hydrogens is 1400 g/mol. The molecule has 1 saturated heterocycles. The molecule has 4 aromatic carbocycles. The van der Waals surface area contributed by atoms with Crippen LogP contribution in [-0.2, 0) is 54.8 Å². The quantitative estimate of drug-likeness (QED) is 0.0114. The zero-order valence-electron chi connectivity index (χ0n) is 58.0. The van der Waals surface area contributed by atoms with Crippen LogP contribution in [0, 0.1) is 23.2 Å². The predicted molar refractivity (Wildman–Crippen MR) is 384 cm³/mol. The van der Waals surface area contributed by atoms with Crippen molar-refractivity contribution in [3.8, 4) is 28.1 Å². The van der Waals surface area contributed by atoms with Crippen molar-refractivity contribution in [3.05, 3.63) is 138 Å². The number of benzene rings is 4. The smallest absolute Gasteiger partial charge is 0.410 e. The maximum Gasteiger partial charge on any atom is 0.410 e. The number of fused-ring (bicyclic) bond motifs is 2. The first-order valence-corrected chi connectivity index (χ1v) is 37.1. The number of anilines is 2. The number of pyridine rings is 1. The fraction of sp³-hybridized carbons (Fsp3) is 0.427. The normalized spacial score (nSPS) is 24.1. The molecule has 13 rings (SSSR count). The summed E-state index contributed by atoms with van der Waals surface area (Å²) in [5, 5.41) is 64.4. The molecule has 5 amide bonds. The van der Waals surface area contributed by atoms with Gasteiger partial charge in [-0.2, -0.15) is 13.5 Å². The Morgan fingerprint density at radius 1 is 0.781 bits per heavy atom. The van der Waals surface area contributed by atoms with Crippen LogP contribution in [0.3, 0.4) is 0 Å². The third-order valence-corrected chi connectivity index (χ3v) is 21.9. The van der Waals surface area contributed by atoms with Crippen molar-refractivity contribution in [2.75, 3.05) is 49.2 Å². The first kappa shape index (κ1) is 75.0. The number of carbonyl (C=O) groups excluding carboxylic acids is 6. The number of thiazole rings is 1. The monoisotopic (exact) mass is 1480 g/mol. The summed E-state index contributed by atoms with van der Waals surface area (Å²) in [6.45, 7) is 6.25. The van der Waals surface area contributed by atoms with E-state index in [1.165, 1.54) is 53.8 Å². The van der Waals surface area contributed by atoms with Crippen LogP contribution in [0.15, 0.2) is 115 Å². The Morgan fingerprint density at radius 2 is 1.53 bits per heavy atom. The number of ketones is 1. The zero-order valence-corrected chi connectivity index (χ0v) is 59.6. The summed E-state index contributed by atoms with van der Waals surface area (Å²) in [5.74, 6) is -5.62. The maximum absolute atomic E-state index is 13.9. The van der Waals surface area contributed by atoms with Crippen LogP contribution in [0.2, 0.25) is 0 Å². The van der Waals surface area contributed by atoms with Crippen LogP contribution in [-0.4, -0.2) is 190 Å². The highest BCUT2D eigenvalue weighted by Gasteiger charge is 2.66. The minimum Gasteiger partial charge on any atom is -0.479 e. The molecule has 2 aliphatic heterocycles. The number of nitrogens with zero attached hydrogens (tertiary/aromatic N) is 6. The number of para-hydroxylation sites is 1. The molecule has 554 valence electrons. The van der Waals surface area contributed by atoms with Gasteiger partial charge < -0.3 is 54.7 Å². The number of ether oxygens (including phenoxy) is 4. The molecular formula is C75H82N8O20S2. The number of aliphatic hydroxyl groups is 3. The first-order valence-electron chi connectivity index (χ1n) is 34.7. The van der Waals surface area contributed by atoms with Crippen LogP contribution in [0.1, 0.15) is 129 Å². The van der Waals surface area contributed by atoms with E-state index in [2.05, 4.69) is 29.5 Å². The Morgan fingerprint density at radius 3 is 2.27 bits per heavy atom. The third kappa shape index (κ3) is 17.3. The van der Waals surface area contributed by atoms with E-state index in [0.717, 1.165) is 63.2 Å². The number of aliphatic hydroxyl groups excluding tert-OH is 3. The first-order chi connectivity index (χ1) is 50.0. The number of carboxylic acid groups (broad SMARTS) is 2. The molecule has 7 aromatic rings. The summed E-state index contributed by atoms with van der Waals surface area (Å²) >= 11 is 1.37. The minimum atomic E-state index is -4.55. The molecule has 4 aliphatic carbocycles. The number of nitrogens with one attached hydrogen (secondary N) is 2. The number of hydrogen-bond donors (Lipinski definition) is 8. The van der Waals surface area contributed by atoms with Crippen molar-refractivity contribution in [2.24, 2.45) is 16.2 Å². The summed E-state index contributed by atoms with van der Waals surface area (Å²) in [5.41, 5.74) is 2.81. The number of aromatic nitrogens is 4. The lowest BCUT2D eigenvalue weighted by atomic mass is 9.39. The molecule has 5 fully saturated rings. The average Bonchev–Trinajstić information content (AvgIpc) is 0.856. The van der Waals surface area contributed by atoms with E-state index in [0.29, 0.717) is 76.3 Å². The van der Waals surface area contributed by atoms with Gasteiger partial charge in [-0.25, -0.2) is 24.4 Å². The summed E-state index contributed by atoms with van der Waals surface area (Å²) in [4.78, 5) is 114. The molecule has 6 aliphatic rings. The molecule has 2 unspecified atom stereocenters. The predicted octanol–water partition coefficient (Wildman–Crippen LogP) is 9.24. The number of unbranched alkanes of at least 4 members (excludes halogenated alkanes) is 2. The Labute approximate surface area is 607 Å². The molecule has 4 bridgehead atoms. The molecule has 3 aromatic heterocycles. The summed E-state index contributed by atoms with van der Waals surface area (Å²) in [6, 6.07) is 26.3. The van der Waals surface area contributed by atoms with E-state index in [9.17, 15) is 76.9 Å². The highest BCUT2D eigenvalue weighted by Crippen LogP contribution is 2.72. The fourth-order valence-electron chi connectivity index (χ4n) is 16.7. The molecule has 0 radical (unpaired) electrons. The third-order valence-electron chi connectivity index (χ3n) is 20.3. The van der Waals surface area contributed by atoms with E-state index in [1.54, 1.807) is 30.5 Å². The van der Waals surface area contributed by atoms with E-state index in [1.807, 2.05) is 60.1 Å². The van der Waals surface area contributed by atoms with Crippen molar-refractivity contribution in [2.45, 2.75) is 147 Å². The van der Waals surface area contributed by atoms with Gasteiger partial charge in [0.1, 0.15) is 36.5 Å². The number of carbonyl (C=O) groups is 8. The molecule has 105 heavy (non-hydrogen) atoms. The second-order valence-electron chi connectivity index (χ2n) is 28.9. The van der Waals surface area contributed by atoms with Crippen molar-refractivity contribution in [1.29, 1.82) is 0 Å². The number of aromatic carboxylic acids is 1. The van der Waals surface area contributed by atoms with Gasteiger partial charge in [-0.15, -0.1) is 0 Å². The summed E-state index contributed by atoms with van der Waals surface area (Å²) in [6.07, 6.45) is 3.03. The summed E-state index contributed by atoms with van der Waals surface area (Å²) < 4.78 is 60.7. The van der Waals surface area contributed by atoms with Gasteiger partial charge in [-0.3, -0.25) is 43.4 Å². The van der Waals surface area contributed by atoms with Crippen LogP contribution in [0.25, 0.3) is 49.4 Å². The summed E-state index contributed by atoms with van der Waals surface area (Å²) in [7, 11) is -4.55. The second kappa shape index (κ2) is 30.8. The lowest BCUT2D eigenvalue weighted by Crippen LogP contribution is -2.64. The van der Waals surface area contributed by atoms with Gasteiger partial charge in [0.05, 0.1) is 45.8 Å². The van der Waals surface area contributed by atoms with Crippen LogP contribution >= 0.6 is 11.3 Å². The molecule has 30 heteroatoms. The van der Waals surface area contributed by atoms with Gasteiger partial charge >= 0.3 is 18.0 Å². The molecule has 0 spiro atoms. The average molecular weight is 1480 g/mol. The van der Waals surface area contributed by atoms with E-state index in [-0.39, 0.29) is 109 Å². The SMILES string of the molecule is Cc1c(-c2ccc(-c3ccc4cccc(C(=O)Nc5nc6ccccc6s5)c4c3)nc2C(=O)O)cnn1CC12CC3(C)CC(C)(C1)CC(OCCN(CCS(=O)(=O)O)C(=O)OC/C=C/c1ccc(O[C@@H]4O[C@H](C(=O)O)[C@@H](O)[C@H](O)[C@H]4O)c(NC(=O)CCCC(=O)CCCCCN4C(=O)C=CC4=O)c1)(C3)C2. The lowest BCUT2D eigenvalue weighted by molar-refractivity contribution is -0.271. The van der Waals surface area contributed by atoms with Crippen molar-refractivity contribution >= 4 is 107 Å². The molecule has 7 atom stereocenters. The number of Topliss-reactive ketones (excluding diaryl/α,β-unsaturated/α-hetero) is 1. The van der Waals surface area contributed by atoms with Gasteiger partial charge in [-0.1, -0.05) is 80.1 Å².